The number of unbranched alkanes of at least 4 members (excludes halogenated alkanes) is 4. The lowest BCUT2D eigenvalue weighted by atomic mass is 10.1. The van der Waals surface area contributed by atoms with Gasteiger partial charge < -0.3 is 19.6 Å². The summed E-state index contributed by atoms with van der Waals surface area (Å²) < 4.78 is 22.3. The molecular weight excluding hydrogens is 302 g/mol. The first-order chi connectivity index (χ1) is 9.08. The van der Waals surface area contributed by atoms with Gasteiger partial charge in [-0.15, -0.1) is 0 Å². The Balaban J connectivity index is 4.49. The maximum absolute atomic E-state index is 11.3. The zero-order valence-corrected chi connectivity index (χ0v) is 13.8. The summed E-state index contributed by atoms with van der Waals surface area (Å²) in [5, 5.41) is 0. The molecular formula is C12H26O6P2. The van der Waals surface area contributed by atoms with E-state index in [0.717, 1.165) is 32.1 Å². The van der Waals surface area contributed by atoms with Crippen molar-refractivity contribution in [1.82, 2.24) is 0 Å². The molecule has 0 radical (unpaired) electrons. The predicted molar refractivity (Wildman–Crippen MR) is 79.8 cm³/mol. The Morgan fingerprint density at radius 1 is 1.05 bits per heavy atom. The van der Waals surface area contributed by atoms with Gasteiger partial charge in [-0.2, -0.15) is 0 Å². The maximum Gasteiger partial charge on any atom is 0.329 e. The van der Waals surface area contributed by atoms with Crippen molar-refractivity contribution in [3.8, 4) is 0 Å². The van der Waals surface area contributed by atoms with Gasteiger partial charge in [0.05, 0.1) is 11.8 Å². The molecule has 2 unspecified atom stereocenters. The van der Waals surface area contributed by atoms with Crippen molar-refractivity contribution in [2.45, 2.75) is 51.6 Å². The van der Waals surface area contributed by atoms with Gasteiger partial charge in [-0.3, -0.25) is 9.13 Å². The minimum atomic E-state index is -4.54. The van der Waals surface area contributed by atoms with Gasteiger partial charge >= 0.3 is 15.2 Å². The highest BCUT2D eigenvalue weighted by Gasteiger charge is 2.37. The molecule has 0 saturated carbocycles. The maximum atomic E-state index is 11.3. The molecule has 8 heteroatoms. The quantitative estimate of drug-likeness (QED) is 0.278. The number of rotatable bonds is 10. The molecule has 0 aromatic rings. The second-order valence-corrected chi connectivity index (χ2v) is 8.68. The van der Waals surface area contributed by atoms with Crippen molar-refractivity contribution in [2.24, 2.45) is 5.92 Å². The molecule has 0 aliphatic heterocycles. The summed E-state index contributed by atoms with van der Waals surface area (Å²) >= 11 is 0. The average Bonchev–Trinajstić information content (AvgIpc) is 2.28. The minimum Gasteiger partial charge on any atom is -0.324 e. The van der Waals surface area contributed by atoms with Gasteiger partial charge in [0.25, 0.3) is 0 Å². The lowest BCUT2D eigenvalue weighted by molar-refractivity contribution is 0.336. The monoisotopic (exact) mass is 328 g/mol. The highest BCUT2D eigenvalue weighted by molar-refractivity contribution is 7.56. The van der Waals surface area contributed by atoms with Gasteiger partial charge in [-0.25, -0.2) is 0 Å². The fraction of sp³-hybridized carbons (Fsp3) is 0.833. The second-order valence-electron chi connectivity index (χ2n) is 5.14. The van der Waals surface area contributed by atoms with E-state index in [1.54, 1.807) is 13.0 Å². The van der Waals surface area contributed by atoms with Gasteiger partial charge in [0.1, 0.15) is 0 Å². The van der Waals surface area contributed by atoms with Gasteiger partial charge in [-0.05, 0) is 18.8 Å². The van der Waals surface area contributed by atoms with Crippen LogP contribution in [0.2, 0.25) is 0 Å². The Morgan fingerprint density at radius 3 is 2.10 bits per heavy atom. The summed E-state index contributed by atoms with van der Waals surface area (Å²) in [5.74, 6) is -0.574. The molecule has 0 fully saturated rings. The third-order valence-electron chi connectivity index (χ3n) is 3.13. The molecule has 4 N–H and O–H groups in total. The summed E-state index contributed by atoms with van der Waals surface area (Å²) in [5.41, 5.74) is -1.34. The van der Waals surface area contributed by atoms with Gasteiger partial charge in [0.15, 0.2) is 0 Å². The van der Waals surface area contributed by atoms with Crippen LogP contribution in [0.4, 0.5) is 0 Å². The predicted octanol–water partition coefficient (Wildman–Crippen LogP) is 2.87. The zero-order valence-electron chi connectivity index (χ0n) is 12.1. The van der Waals surface area contributed by atoms with Crippen LogP contribution in [0.3, 0.4) is 0 Å². The molecule has 6 nitrogen and oxygen atoms in total. The smallest absolute Gasteiger partial charge is 0.324 e. The van der Waals surface area contributed by atoms with E-state index < -0.39 is 32.9 Å². The third kappa shape index (κ3) is 9.87. The van der Waals surface area contributed by atoms with Crippen LogP contribution < -0.4 is 0 Å². The van der Waals surface area contributed by atoms with Crippen LogP contribution in [0.5, 0.6) is 0 Å². The summed E-state index contributed by atoms with van der Waals surface area (Å²) in [6.45, 7) is 3.69. The molecule has 0 saturated heterocycles. The molecule has 0 heterocycles. The zero-order chi connectivity index (χ0) is 15.8. The summed E-state index contributed by atoms with van der Waals surface area (Å²) in [6, 6.07) is 0. The molecule has 0 bridgehead atoms. The molecule has 0 aliphatic carbocycles. The Morgan fingerprint density at radius 2 is 1.65 bits per heavy atom. The Hall–Kier alpha value is 0.0400. The normalized spacial score (nSPS) is 16.5. The van der Waals surface area contributed by atoms with Gasteiger partial charge in [0, 0.05) is 0 Å². The van der Waals surface area contributed by atoms with Crippen molar-refractivity contribution < 1.29 is 28.7 Å². The Bertz CT molecular complexity index is 383. The molecule has 0 rings (SSSR count). The lowest BCUT2D eigenvalue weighted by Gasteiger charge is -2.23. The van der Waals surface area contributed by atoms with Gasteiger partial charge in [0.2, 0.25) is 0 Å². The van der Waals surface area contributed by atoms with Crippen LogP contribution in [-0.2, 0) is 9.13 Å². The molecule has 120 valence electrons. The van der Waals surface area contributed by atoms with Crippen LogP contribution in [0.1, 0.15) is 46.0 Å². The first kappa shape index (κ1) is 20.0. The van der Waals surface area contributed by atoms with E-state index in [9.17, 15) is 18.9 Å². The molecule has 0 spiro atoms. The SMILES string of the molecule is CCCCCCC=CC(C)C(CP(=O)(O)O)P(=O)(O)O. The van der Waals surface area contributed by atoms with Crippen LogP contribution in [0, 0.1) is 5.92 Å². The fourth-order valence-corrected chi connectivity index (χ4v) is 4.97. The van der Waals surface area contributed by atoms with E-state index in [0.29, 0.717) is 0 Å². The molecule has 20 heavy (non-hydrogen) atoms. The van der Waals surface area contributed by atoms with E-state index in [-0.39, 0.29) is 0 Å². The number of hydrogen-bond acceptors (Lipinski definition) is 2. The Labute approximate surface area is 120 Å². The largest absolute Gasteiger partial charge is 0.329 e. The van der Waals surface area contributed by atoms with E-state index >= 15 is 0 Å². The molecule has 0 amide bonds. The minimum absolute atomic E-state index is 0.574. The summed E-state index contributed by atoms with van der Waals surface area (Å²) in [6.07, 6.45) is 7.92. The van der Waals surface area contributed by atoms with E-state index in [1.807, 2.05) is 6.08 Å². The number of hydrogen-bond donors (Lipinski definition) is 4. The molecule has 0 aliphatic rings. The molecule has 0 aromatic heterocycles. The number of allylic oxidation sites excluding steroid dienone is 2. The van der Waals surface area contributed by atoms with Crippen molar-refractivity contribution >= 4 is 15.2 Å². The second kappa shape index (κ2) is 9.14. The third-order valence-corrected chi connectivity index (χ3v) is 5.80. The van der Waals surface area contributed by atoms with E-state index in [4.69, 9.17) is 9.79 Å². The van der Waals surface area contributed by atoms with E-state index in [2.05, 4.69) is 6.92 Å². The molecule has 0 aromatic carbocycles. The van der Waals surface area contributed by atoms with Crippen LogP contribution >= 0.6 is 15.2 Å². The van der Waals surface area contributed by atoms with Crippen molar-refractivity contribution in [3.05, 3.63) is 12.2 Å². The van der Waals surface area contributed by atoms with E-state index in [1.165, 1.54) is 0 Å². The van der Waals surface area contributed by atoms with Crippen molar-refractivity contribution in [2.75, 3.05) is 6.16 Å². The first-order valence-electron chi connectivity index (χ1n) is 6.84. The average molecular weight is 328 g/mol. The Kier molecular flexibility index (Phi) is 9.16. The van der Waals surface area contributed by atoms with Crippen molar-refractivity contribution in [1.29, 1.82) is 0 Å². The highest BCUT2D eigenvalue weighted by atomic mass is 31.2. The standard InChI is InChI=1S/C12H26O6P2/c1-3-4-5-6-7-8-9-11(2)12(20(16,17)18)10-19(13,14)15/h8-9,11-12H,3-7,10H2,1-2H3,(H2,13,14,15)(H2,16,17,18). The van der Waals surface area contributed by atoms with Crippen LogP contribution in [-0.4, -0.2) is 31.4 Å². The summed E-state index contributed by atoms with van der Waals surface area (Å²) in [4.78, 5) is 36.3. The summed E-state index contributed by atoms with van der Waals surface area (Å²) in [7, 11) is -8.99. The van der Waals surface area contributed by atoms with Crippen molar-refractivity contribution in [3.63, 3.8) is 0 Å². The molecule has 2 atom stereocenters. The lowest BCUT2D eigenvalue weighted by Crippen LogP contribution is -2.21. The fourth-order valence-electron chi connectivity index (χ4n) is 1.95. The highest BCUT2D eigenvalue weighted by Crippen LogP contribution is 2.51. The van der Waals surface area contributed by atoms with Gasteiger partial charge in [-0.1, -0.05) is 45.3 Å². The topological polar surface area (TPSA) is 115 Å². The van der Waals surface area contributed by atoms with Crippen LogP contribution in [0.15, 0.2) is 12.2 Å². The first-order valence-corrected chi connectivity index (χ1v) is 10.3. The van der Waals surface area contributed by atoms with Crippen LogP contribution in [0.25, 0.3) is 0 Å².